The number of hydrogen-bond donors (Lipinski definition) is 2. The average Bonchev–Trinajstić information content (AvgIpc) is 3.42. The van der Waals surface area contributed by atoms with Crippen molar-refractivity contribution >= 4 is 27.3 Å². The van der Waals surface area contributed by atoms with Crippen LogP contribution in [0.3, 0.4) is 0 Å². The summed E-state index contributed by atoms with van der Waals surface area (Å²) in [5.41, 5.74) is 5.05. The lowest BCUT2D eigenvalue weighted by molar-refractivity contribution is -0.116. The van der Waals surface area contributed by atoms with Crippen molar-refractivity contribution in [1.82, 2.24) is 19.3 Å². The second-order valence-corrected chi connectivity index (χ2v) is 9.56. The van der Waals surface area contributed by atoms with E-state index in [-0.39, 0.29) is 23.8 Å². The summed E-state index contributed by atoms with van der Waals surface area (Å²) in [6, 6.07) is 11.3. The molecule has 0 atom stereocenters. The van der Waals surface area contributed by atoms with Crippen molar-refractivity contribution in [2.45, 2.75) is 45.1 Å². The van der Waals surface area contributed by atoms with Gasteiger partial charge >= 0.3 is 0 Å². The zero-order valence-corrected chi connectivity index (χ0v) is 19.4. The molecule has 0 saturated carbocycles. The molecule has 0 saturated heterocycles. The largest absolute Gasteiger partial charge is 0.468 e. The standard InChI is InChI=1S/C23H25N5O4S/c1-15-13-22-25-16(2)21(17(3)28(22)27-15)10-11-23(29)26-18-6-8-20(9-7-18)33(30,31)24-14-19-5-4-12-32-19/h4-9,12-13,24H,10-11,14H2,1-3H3,(H,26,29). The molecule has 4 aromatic rings. The van der Waals surface area contributed by atoms with Gasteiger partial charge in [0.1, 0.15) is 5.76 Å². The number of carbonyl (C=O) groups excluding carboxylic acids is 1. The van der Waals surface area contributed by atoms with E-state index in [1.54, 1.807) is 28.8 Å². The highest BCUT2D eigenvalue weighted by molar-refractivity contribution is 7.89. The van der Waals surface area contributed by atoms with Crippen molar-refractivity contribution in [2.24, 2.45) is 0 Å². The molecule has 1 aromatic carbocycles. The van der Waals surface area contributed by atoms with Gasteiger partial charge in [-0.1, -0.05) is 0 Å². The topological polar surface area (TPSA) is 119 Å². The number of hydrogen-bond acceptors (Lipinski definition) is 6. The average molecular weight is 468 g/mol. The fraction of sp³-hybridized carbons (Fsp3) is 0.261. The first-order chi connectivity index (χ1) is 15.7. The first-order valence-corrected chi connectivity index (χ1v) is 12.0. The Morgan fingerprint density at radius 2 is 1.88 bits per heavy atom. The van der Waals surface area contributed by atoms with Crippen LogP contribution in [-0.2, 0) is 27.8 Å². The van der Waals surface area contributed by atoms with Crippen molar-refractivity contribution in [2.75, 3.05) is 5.32 Å². The molecule has 172 valence electrons. The number of fused-ring (bicyclic) bond motifs is 1. The third kappa shape index (κ3) is 5.12. The lowest BCUT2D eigenvalue weighted by atomic mass is 10.1. The van der Waals surface area contributed by atoms with E-state index in [1.807, 2.05) is 26.8 Å². The Balaban J connectivity index is 1.37. The summed E-state index contributed by atoms with van der Waals surface area (Å²) < 4.78 is 34.3. The summed E-state index contributed by atoms with van der Waals surface area (Å²) in [5, 5.41) is 7.27. The number of carbonyl (C=O) groups is 1. The highest BCUT2D eigenvalue weighted by Gasteiger charge is 2.16. The lowest BCUT2D eigenvalue weighted by Crippen LogP contribution is -2.23. The molecule has 9 nitrogen and oxygen atoms in total. The monoisotopic (exact) mass is 467 g/mol. The molecule has 0 aliphatic rings. The van der Waals surface area contributed by atoms with Gasteiger partial charge in [-0.3, -0.25) is 4.79 Å². The van der Waals surface area contributed by atoms with Crippen LogP contribution < -0.4 is 10.0 Å². The van der Waals surface area contributed by atoms with Gasteiger partial charge in [-0.25, -0.2) is 22.6 Å². The number of amides is 1. The number of furan rings is 1. The maximum Gasteiger partial charge on any atom is 0.240 e. The van der Waals surface area contributed by atoms with Crippen LogP contribution in [0.2, 0.25) is 0 Å². The molecule has 0 radical (unpaired) electrons. The zero-order chi connectivity index (χ0) is 23.6. The third-order valence-electron chi connectivity index (χ3n) is 5.35. The van der Waals surface area contributed by atoms with Gasteiger partial charge < -0.3 is 9.73 Å². The molecule has 0 spiro atoms. The molecule has 4 rings (SSSR count). The summed E-state index contributed by atoms with van der Waals surface area (Å²) in [7, 11) is -3.69. The Kier molecular flexibility index (Phi) is 6.30. The van der Waals surface area contributed by atoms with Gasteiger partial charge in [0, 0.05) is 29.6 Å². The fourth-order valence-corrected chi connectivity index (χ4v) is 4.64. The minimum atomic E-state index is -3.69. The van der Waals surface area contributed by atoms with Gasteiger partial charge in [-0.2, -0.15) is 5.10 Å². The maximum absolute atomic E-state index is 12.5. The van der Waals surface area contributed by atoms with Crippen molar-refractivity contribution < 1.29 is 17.6 Å². The van der Waals surface area contributed by atoms with Crippen LogP contribution in [0.1, 0.15) is 34.8 Å². The van der Waals surface area contributed by atoms with Crippen LogP contribution in [0.25, 0.3) is 5.65 Å². The van der Waals surface area contributed by atoms with Crippen molar-refractivity contribution in [1.29, 1.82) is 0 Å². The number of anilines is 1. The van der Waals surface area contributed by atoms with E-state index < -0.39 is 10.0 Å². The molecule has 2 N–H and O–H groups in total. The smallest absolute Gasteiger partial charge is 0.240 e. The van der Waals surface area contributed by atoms with Gasteiger partial charge in [0.05, 0.1) is 23.4 Å². The van der Waals surface area contributed by atoms with Crippen molar-refractivity contribution in [3.05, 3.63) is 77.1 Å². The quantitative estimate of drug-likeness (QED) is 0.410. The molecule has 33 heavy (non-hydrogen) atoms. The fourth-order valence-electron chi connectivity index (χ4n) is 3.65. The Morgan fingerprint density at radius 3 is 2.58 bits per heavy atom. The van der Waals surface area contributed by atoms with Crippen molar-refractivity contribution in [3.63, 3.8) is 0 Å². The normalized spacial score (nSPS) is 11.7. The molecular formula is C23H25N5O4S. The first kappa shape index (κ1) is 22.7. The molecule has 0 unspecified atom stereocenters. The van der Waals surface area contributed by atoms with Gasteiger partial charge in [-0.05, 0) is 69.2 Å². The minimum Gasteiger partial charge on any atom is -0.468 e. The predicted octanol–water partition coefficient (Wildman–Crippen LogP) is 3.30. The number of aromatic nitrogens is 3. The minimum absolute atomic E-state index is 0.0609. The highest BCUT2D eigenvalue weighted by Crippen LogP contribution is 2.18. The third-order valence-corrected chi connectivity index (χ3v) is 6.77. The van der Waals surface area contributed by atoms with E-state index in [1.165, 1.54) is 18.4 Å². The second kappa shape index (κ2) is 9.16. The molecule has 0 aliphatic heterocycles. The van der Waals surface area contributed by atoms with E-state index >= 15 is 0 Å². The van der Waals surface area contributed by atoms with Gasteiger partial charge in [-0.15, -0.1) is 0 Å². The van der Waals surface area contributed by atoms with E-state index in [2.05, 4.69) is 20.1 Å². The van der Waals surface area contributed by atoms with Gasteiger partial charge in [0.15, 0.2) is 5.65 Å². The second-order valence-electron chi connectivity index (χ2n) is 7.79. The molecule has 0 aliphatic carbocycles. The predicted molar refractivity (Wildman–Crippen MR) is 123 cm³/mol. The number of benzene rings is 1. The molecule has 3 aromatic heterocycles. The Hall–Kier alpha value is -3.50. The van der Waals surface area contributed by atoms with Crippen LogP contribution in [-0.4, -0.2) is 28.9 Å². The molecule has 1 amide bonds. The number of nitrogens with zero attached hydrogens (tertiary/aromatic N) is 3. The van der Waals surface area contributed by atoms with E-state index in [0.29, 0.717) is 17.9 Å². The number of rotatable bonds is 8. The zero-order valence-electron chi connectivity index (χ0n) is 18.6. The van der Waals surface area contributed by atoms with E-state index in [4.69, 9.17) is 4.42 Å². The Morgan fingerprint density at radius 1 is 1.12 bits per heavy atom. The number of sulfonamides is 1. The van der Waals surface area contributed by atoms with Crippen LogP contribution in [0.15, 0.2) is 58.0 Å². The van der Waals surface area contributed by atoms with Crippen LogP contribution in [0.4, 0.5) is 5.69 Å². The first-order valence-electron chi connectivity index (χ1n) is 10.5. The molecule has 0 fully saturated rings. The van der Waals surface area contributed by atoms with Crippen LogP contribution in [0, 0.1) is 20.8 Å². The summed E-state index contributed by atoms with van der Waals surface area (Å²) in [6.07, 6.45) is 2.27. The Bertz CT molecular complexity index is 1390. The summed E-state index contributed by atoms with van der Waals surface area (Å²) >= 11 is 0. The van der Waals surface area contributed by atoms with Gasteiger partial charge in [0.25, 0.3) is 0 Å². The van der Waals surface area contributed by atoms with Crippen LogP contribution in [0.5, 0.6) is 0 Å². The van der Waals surface area contributed by atoms with Gasteiger partial charge in [0.2, 0.25) is 15.9 Å². The SMILES string of the molecule is Cc1cc2nc(C)c(CCC(=O)Nc3ccc(S(=O)(=O)NCc4ccco4)cc3)c(C)n2n1. The summed E-state index contributed by atoms with van der Waals surface area (Å²) in [6.45, 7) is 5.88. The Labute approximate surface area is 191 Å². The molecule has 3 heterocycles. The summed E-state index contributed by atoms with van der Waals surface area (Å²) in [4.78, 5) is 17.2. The molecular weight excluding hydrogens is 442 g/mol. The van der Waals surface area contributed by atoms with E-state index in [9.17, 15) is 13.2 Å². The molecule has 0 bridgehead atoms. The van der Waals surface area contributed by atoms with E-state index in [0.717, 1.165) is 28.3 Å². The molecule has 10 heteroatoms. The van der Waals surface area contributed by atoms with Crippen molar-refractivity contribution in [3.8, 4) is 0 Å². The highest BCUT2D eigenvalue weighted by atomic mass is 32.2. The summed E-state index contributed by atoms with van der Waals surface area (Å²) in [5.74, 6) is 0.349. The lowest BCUT2D eigenvalue weighted by Gasteiger charge is -2.11. The number of nitrogens with one attached hydrogen (secondary N) is 2. The van der Waals surface area contributed by atoms with Crippen LogP contribution >= 0.6 is 0 Å². The maximum atomic E-state index is 12.5. The number of aryl methyl sites for hydroxylation is 3.